The number of carboxylic acids is 1. The van der Waals surface area contributed by atoms with E-state index < -0.39 is 5.97 Å². The maximum Gasteiger partial charge on any atom is 0.323 e. The molecule has 3 aromatic rings. The number of fused-ring (bicyclic) bond motifs is 2. The van der Waals surface area contributed by atoms with Crippen molar-refractivity contribution in [2.75, 3.05) is 11.6 Å². The normalized spacial score (nSPS) is 11.4. The Bertz CT molecular complexity index is 1080. The Morgan fingerprint density at radius 1 is 1.27 bits per heavy atom. The van der Waals surface area contributed by atoms with Crippen LogP contribution >= 0.6 is 23.4 Å². The predicted molar refractivity (Wildman–Crippen MR) is 109 cm³/mol. The van der Waals surface area contributed by atoms with Gasteiger partial charge in [-0.15, -0.1) is 11.8 Å². The van der Waals surface area contributed by atoms with Gasteiger partial charge in [0.05, 0.1) is 21.0 Å². The van der Waals surface area contributed by atoms with Crippen molar-refractivity contribution in [2.45, 2.75) is 31.3 Å². The molecule has 0 spiro atoms. The molecule has 3 rings (SSSR count). The Morgan fingerprint density at radius 3 is 2.58 bits per heavy atom. The standard InChI is InChI=1S/C19H19ClN2O3S/c1-10(2)21-11-4-5-12-15(8-11)22(9-16(23)24)17-13(18(12)25)6-7-14(20)19(17)26-3/h4-8,10,21H,9H2,1-3H3,(H,23,24). The molecule has 7 heteroatoms. The molecule has 1 aromatic heterocycles. The van der Waals surface area contributed by atoms with Gasteiger partial charge in [-0.05, 0) is 50.4 Å². The van der Waals surface area contributed by atoms with Gasteiger partial charge in [0.25, 0.3) is 0 Å². The quantitative estimate of drug-likeness (QED) is 0.498. The maximum atomic E-state index is 13.0. The second-order valence-electron chi connectivity index (χ2n) is 6.32. The van der Waals surface area contributed by atoms with Crippen molar-refractivity contribution in [2.24, 2.45) is 0 Å². The fourth-order valence-electron chi connectivity index (χ4n) is 3.13. The van der Waals surface area contributed by atoms with Gasteiger partial charge in [-0.1, -0.05) is 11.6 Å². The van der Waals surface area contributed by atoms with Crippen LogP contribution in [0.25, 0.3) is 21.8 Å². The number of carbonyl (C=O) groups is 1. The van der Waals surface area contributed by atoms with Crippen LogP contribution in [0.2, 0.25) is 5.02 Å². The third-order valence-corrected chi connectivity index (χ3v) is 5.33. The molecule has 0 bridgehead atoms. The molecule has 0 atom stereocenters. The van der Waals surface area contributed by atoms with Crippen molar-refractivity contribution in [3.05, 3.63) is 45.6 Å². The molecule has 2 aromatic carbocycles. The SMILES string of the molecule is CSc1c(Cl)ccc2c(=O)c3ccc(NC(C)C)cc3n(CC(=O)O)c12. The first-order valence-electron chi connectivity index (χ1n) is 8.14. The first kappa shape index (κ1) is 18.6. The molecular formula is C19H19ClN2O3S. The van der Waals surface area contributed by atoms with Crippen LogP contribution in [0.4, 0.5) is 5.69 Å². The fraction of sp³-hybridized carbons (Fsp3) is 0.263. The van der Waals surface area contributed by atoms with E-state index in [2.05, 4.69) is 5.32 Å². The van der Waals surface area contributed by atoms with E-state index in [9.17, 15) is 14.7 Å². The number of benzene rings is 2. The Labute approximate surface area is 160 Å². The number of aromatic nitrogens is 1. The molecule has 0 unspecified atom stereocenters. The third kappa shape index (κ3) is 3.27. The minimum atomic E-state index is -0.981. The van der Waals surface area contributed by atoms with E-state index in [0.29, 0.717) is 31.7 Å². The van der Waals surface area contributed by atoms with Gasteiger partial charge in [0.15, 0.2) is 5.43 Å². The zero-order valence-corrected chi connectivity index (χ0v) is 16.2. The summed E-state index contributed by atoms with van der Waals surface area (Å²) in [4.78, 5) is 25.2. The number of carboxylic acid groups (broad SMARTS) is 1. The average Bonchev–Trinajstić information content (AvgIpc) is 2.57. The van der Waals surface area contributed by atoms with E-state index in [-0.39, 0.29) is 18.0 Å². The molecule has 26 heavy (non-hydrogen) atoms. The zero-order chi connectivity index (χ0) is 19.0. The summed E-state index contributed by atoms with van der Waals surface area (Å²) in [6.07, 6.45) is 1.86. The van der Waals surface area contributed by atoms with E-state index in [1.807, 2.05) is 32.2 Å². The highest BCUT2D eigenvalue weighted by Gasteiger charge is 2.18. The monoisotopic (exact) mass is 390 g/mol. The number of nitrogens with one attached hydrogen (secondary N) is 1. The Kier molecular flexibility index (Phi) is 5.16. The van der Waals surface area contributed by atoms with Crippen LogP contribution in [0, 0.1) is 0 Å². The second-order valence-corrected chi connectivity index (χ2v) is 7.54. The van der Waals surface area contributed by atoms with Crippen molar-refractivity contribution in [3.63, 3.8) is 0 Å². The number of hydrogen-bond acceptors (Lipinski definition) is 4. The number of aliphatic carboxylic acids is 1. The van der Waals surface area contributed by atoms with Crippen LogP contribution in [-0.2, 0) is 11.3 Å². The van der Waals surface area contributed by atoms with Gasteiger partial charge in [-0.2, -0.15) is 0 Å². The lowest BCUT2D eigenvalue weighted by atomic mass is 10.1. The Hall–Kier alpha value is -2.18. The van der Waals surface area contributed by atoms with E-state index >= 15 is 0 Å². The number of rotatable bonds is 5. The lowest BCUT2D eigenvalue weighted by Gasteiger charge is -2.18. The van der Waals surface area contributed by atoms with Crippen molar-refractivity contribution in [1.29, 1.82) is 0 Å². The van der Waals surface area contributed by atoms with Gasteiger partial charge in [0.2, 0.25) is 0 Å². The fourth-order valence-corrected chi connectivity index (χ4v) is 4.19. The molecule has 0 saturated heterocycles. The molecule has 0 radical (unpaired) electrons. The number of thioether (sulfide) groups is 1. The van der Waals surface area contributed by atoms with Gasteiger partial charge in [0, 0.05) is 22.5 Å². The molecule has 0 amide bonds. The number of nitrogens with zero attached hydrogens (tertiary/aromatic N) is 1. The minimum Gasteiger partial charge on any atom is -0.480 e. The first-order chi connectivity index (χ1) is 12.3. The van der Waals surface area contributed by atoms with Crippen LogP contribution < -0.4 is 10.7 Å². The molecule has 0 aliphatic heterocycles. The van der Waals surface area contributed by atoms with Crippen LogP contribution in [0.5, 0.6) is 0 Å². The number of hydrogen-bond donors (Lipinski definition) is 2. The van der Waals surface area contributed by atoms with Gasteiger partial charge in [0.1, 0.15) is 6.54 Å². The van der Waals surface area contributed by atoms with Crippen LogP contribution in [0.15, 0.2) is 40.0 Å². The predicted octanol–water partition coefficient (Wildman–Crippen LogP) is 4.43. The van der Waals surface area contributed by atoms with Crippen molar-refractivity contribution < 1.29 is 9.90 Å². The lowest BCUT2D eigenvalue weighted by molar-refractivity contribution is -0.137. The lowest BCUT2D eigenvalue weighted by Crippen LogP contribution is -2.17. The number of pyridine rings is 1. The topological polar surface area (TPSA) is 71.3 Å². The summed E-state index contributed by atoms with van der Waals surface area (Å²) in [5, 5.41) is 14.2. The Balaban J connectivity index is 2.50. The molecule has 5 nitrogen and oxygen atoms in total. The highest BCUT2D eigenvalue weighted by molar-refractivity contribution is 7.99. The summed E-state index contributed by atoms with van der Waals surface area (Å²) in [6.45, 7) is 3.77. The highest BCUT2D eigenvalue weighted by Crippen LogP contribution is 2.34. The summed E-state index contributed by atoms with van der Waals surface area (Å²) in [7, 11) is 0. The summed E-state index contributed by atoms with van der Waals surface area (Å²) < 4.78 is 1.66. The minimum absolute atomic E-state index is 0.125. The van der Waals surface area contributed by atoms with Gasteiger partial charge >= 0.3 is 5.97 Å². The van der Waals surface area contributed by atoms with Gasteiger partial charge in [-0.25, -0.2) is 0 Å². The first-order valence-corrected chi connectivity index (χ1v) is 9.75. The summed E-state index contributed by atoms with van der Waals surface area (Å²) in [6, 6.07) is 8.97. The van der Waals surface area contributed by atoms with Gasteiger partial charge < -0.3 is 15.0 Å². The van der Waals surface area contributed by atoms with Crippen molar-refractivity contribution in [3.8, 4) is 0 Å². The van der Waals surface area contributed by atoms with E-state index in [4.69, 9.17) is 11.6 Å². The molecule has 0 aliphatic rings. The summed E-state index contributed by atoms with van der Waals surface area (Å²) in [5.41, 5.74) is 1.84. The van der Waals surface area contributed by atoms with E-state index in [1.165, 1.54) is 11.8 Å². The number of anilines is 1. The smallest absolute Gasteiger partial charge is 0.323 e. The van der Waals surface area contributed by atoms with Crippen LogP contribution in [-0.4, -0.2) is 27.9 Å². The average molecular weight is 391 g/mol. The molecular weight excluding hydrogens is 372 g/mol. The van der Waals surface area contributed by atoms with Crippen LogP contribution in [0.3, 0.4) is 0 Å². The molecule has 1 heterocycles. The molecule has 0 saturated carbocycles. The van der Waals surface area contributed by atoms with Crippen molar-refractivity contribution >= 4 is 56.8 Å². The molecule has 136 valence electrons. The maximum absolute atomic E-state index is 13.0. The van der Waals surface area contributed by atoms with Crippen molar-refractivity contribution in [1.82, 2.24) is 4.57 Å². The second kappa shape index (κ2) is 7.21. The van der Waals surface area contributed by atoms with Crippen LogP contribution in [0.1, 0.15) is 13.8 Å². The van der Waals surface area contributed by atoms with Gasteiger partial charge in [-0.3, -0.25) is 9.59 Å². The van der Waals surface area contributed by atoms with E-state index in [0.717, 1.165) is 5.69 Å². The molecule has 0 fully saturated rings. The number of halogens is 1. The summed E-state index contributed by atoms with van der Waals surface area (Å²) in [5.74, 6) is -0.981. The van der Waals surface area contributed by atoms with E-state index in [1.54, 1.807) is 22.8 Å². The third-order valence-electron chi connectivity index (χ3n) is 4.08. The highest BCUT2D eigenvalue weighted by atomic mass is 35.5. The molecule has 2 N–H and O–H groups in total. The zero-order valence-electron chi connectivity index (χ0n) is 14.7. The molecule has 0 aliphatic carbocycles. The largest absolute Gasteiger partial charge is 0.480 e. The Morgan fingerprint density at radius 2 is 1.96 bits per heavy atom. The summed E-state index contributed by atoms with van der Waals surface area (Å²) >= 11 is 7.72.